The second kappa shape index (κ2) is 8.14. The van der Waals surface area contributed by atoms with Gasteiger partial charge in [-0.1, -0.05) is 18.2 Å². The number of hydrogen-bond acceptors (Lipinski definition) is 7. The molecule has 3 heterocycles. The van der Waals surface area contributed by atoms with Gasteiger partial charge in [0.25, 0.3) is 0 Å². The van der Waals surface area contributed by atoms with Crippen molar-refractivity contribution in [2.24, 2.45) is 0 Å². The van der Waals surface area contributed by atoms with Gasteiger partial charge in [-0.05, 0) is 35.4 Å². The highest BCUT2D eigenvalue weighted by Gasteiger charge is 2.26. The van der Waals surface area contributed by atoms with E-state index < -0.39 is 0 Å². The van der Waals surface area contributed by atoms with Crippen LogP contribution >= 0.6 is 0 Å². The Balaban J connectivity index is 1.21. The molecule has 0 spiro atoms. The molecule has 1 unspecified atom stereocenters. The van der Waals surface area contributed by atoms with Crippen LogP contribution in [0.25, 0.3) is 11.3 Å². The molecule has 158 valence electrons. The Morgan fingerprint density at radius 1 is 1.13 bits per heavy atom. The maximum absolute atomic E-state index is 12.4. The molecule has 5 rings (SSSR count). The van der Waals surface area contributed by atoms with Crippen molar-refractivity contribution in [2.75, 3.05) is 20.4 Å². The van der Waals surface area contributed by atoms with Gasteiger partial charge >= 0.3 is 0 Å². The lowest BCUT2D eigenvalue weighted by Crippen LogP contribution is -2.35. The van der Waals surface area contributed by atoms with Crippen LogP contribution in [0.4, 0.5) is 0 Å². The maximum atomic E-state index is 12.4. The minimum Gasteiger partial charge on any atom is -0.487 e. The minimum atomic E-state index is -0.136. The first-order valence-corrected chi connectivity index (χ1v) is 10.0. The third-order valence-electron chi connectivity index (χ3n) is 5.28. The van der Waals surface area contributed by atoms with Gasteiger partial charge in [0.15, 0.2) is 11.5 Å². The van der Waals surface area contributed by atoms with Gasteiger partial charge < -0.3 is 24.3 Å². The Morgan fingerprint density at radius 2 is 2.03 bits per heavy atom. The van der Waals surface area contributed by atoms with E-state index in [1.165, 1.54) is 0 Å². The maximum Gasteiger partial charge on any atom is 0.233 e. The lowest BCUT2D eigenvalue weighted by molar-refractivity contribution is -0.120. The van der Waals surface area contributed by atoms with Gasteiger partial charge in [-0.15, -0.1) is 10.2 Å². The van der Waals surface area contributed by atoms with Crippen molar-refractivity contribution in [2.45, 2.75) is 18.9 Å². The van der Waals surface area contributed by atoms with Gasteiger partial charge in [-0.25, -0.2) is 0 Å². The largest absolute Gasteiger partial charge is 0.487 e. The number of benzene rings is 2. The van der Waals surface area contributed by atoms with Gasteiger partial charge in [0, 0.05) is 18.1 Å². The average molecular weight is 419 g/mol. The summed E-state index contributed by atoms with van der Waals surface area (Å²) in [6, 6.07) is 15.1. The molecule has 1 aromatic heterocycles. The summed E-state index contributed by atoms with van der Waals surface area (Å²) in [7, 11) is 1.55. The van der Waals surface area contributed by atoms with Crippen molar-refractivity contribution >= 4 is 5.91 Å². The van der Waals surface area contributed by atoms with E-state index in [0.29, 0.717) is 29.6 Å². The molecule has 8 nitrogen and oxygen atoms in total. The Labute approximate surface area is 179 Å². The number of carbonyl (C=O) groups excluding carboxylic acids is 1. The van der Waals surface area contributed by atoms with E-state index >= 15 is 0 Å². The number of nitrogens with zero attached hydrogens (tertiary/aromatic N) is 2. The number of hydrogen-bond donors (Lipinski definition) is 1. The molecule has 2 aromatic carbocycles. The van der Waals surface area contributed by atoms with Crippen LogP contribution in [0.5, 0.6) is 23.1 Å². The van der Waals surface area contributed by atoms with Crippen molar-refractivity contribution in [3.8, 4) is 34.4 Å². The summed E-state index contributed by atoms with van der Waals surface area (Å²) in [6.45, 7) is 0.639. The predicted molar refractivity (Wildman–Crippen MR) is 111 cm³/mol. The van der Waals surface area contributed by atoms with E-state index in [1.807, 2.05) is 42.5 Å². The summed E-state index contributed by atoms with van der Waals surface area (Å²) in [5.74, 6) is 2.56. The fourth-order valence-corrected chi connectivity index (χ4v) is 3.75. The predicted octanol–water partition coefficient (Wildman–Crippen LogP) is 2.54. The third kappa shape index (κ3) is 3.96. The number of rotatable bonds is 6. The number of nitrogens with one attached hydrogen (secondary N) is 1. The molecule has 0 fully saturated rings. The first kappa shape index (κ1) is 19.2. The lowest BCUT2D eigenvalue weighted by atomic mass is 10.0. The van der Waals surface area contributed by atoms with E-state index in [1.54, 1.807) is 13.2 Å². The van der Waals surface area contributed by atoms with Crippen LogP contribution in [0, 0.1) is 0 Å². The Hall–Kier alpha value is -3.81. The van der Waals surface area contributed by atoms with Gasteiger partial charge in [0.1, 0.15) is 11.9 Å². The van der Waals surface area contributed by atoms with Crippen LogP contribution in [-0.2, 0) is 17.6 Å². The summed E-state index contributed by atoms with van der Waals surface area (Å²) in [5.41, 5.74) is 3.55. The second-order valence-corrected chi connectivity index (χ2v) is 7.37. The molecular weight excluding hydrogens is 398 g/mol. The van der Waals surface area contributed by atoms with Crippen molar-refractivity contribution < 1.29 is 23.7 Å². The zero-order valence-electron chi connectivity index (χ0n) is 17.0. The Kier molecular flexibility index (Phi) is 5.03. The molecule has 0 radical (unpaired) electrons. The van der Waals surface area contributed by atoms with Crippen LogP contribution < -0.4 is 24.3 Å². The van der Waals surface area contributed by atoms with Crippen molar-refractivity contribution in [3.05, 3.63) is 59.7 Å². The van der Waals surface area contributed by atoms with Crippen LogP contribution in [0.2, 0.25) is 0 Å². The van der Waals surface area contributed by atoms with Crippen LogP contribution in [0.1, 0.15) is 11.1 Å². The molecule has 0 saturated heterocycles. The number of carbonyl (C=O) groups is 1. The molecule has 1 amide bonds. The standard InChI is InChI=1S/C23H21N3O5/c1-28-22-8-6-18(25-26-22)17-4-2-3-15-11-16(31-23(15)17)12-24-21(27)10-14-5-7-19-20(9-14)30-13-29-19/h2-9,16H,10-13H2,1H3,(H,24,27). The monoisotopic (exact) mass is 419 g/mol. The minimum absolute atomic E-state index is 0.0698. The summed E-state index contributed by atoms with van der Waals surface area (Å²) < 4.78 is 21.9. The summed E-state index contributed by atoms with van der Waals surface area (Å²) in [4.78, 5) is 12.4. The van der Waals surface area contributed by atoms with E-state index in [2.05, 4.69) is 15.5 Å². The topological polar surface area (TPSA) is 91.8 Å². The lowest BCUT2D eigenvalue weighted by Gasteiger charge is -2.13. The second-order valence-electron chi connectivity index (χ2n) is 7.37. The SMILES string of the molecule is COc1ccc(-c2cccc3c2OC(CNC(=O)Cc2ccc4c(c2)OCO4)C3)nn1. The summed E-state index contributed by atoms with van der Waals surface area (Å²) in [6.07, 6.45) is 0.850. The smallest absolute Gasteiger partial charge is 0.233 e. The fraction of sp³-hybridized carbons (Fsp3) is 0.261. The molecule has 0 aliphatic carbocycles. The average Bonchev–Trinajstić information content (AvgIpc) is 3.44. The molecule has 1 N–H and O–H groups in total. The zero-order valence-corrected chi connectivity index (χ0v) is 17.0. The molecule has 2 aliphatic rings. The van der Waals surface area contributed by atoms with Crippen molar-refractivity contribution in [1.29, 1.82) is 0 Å². The first-order valence-electron chi connectivity index (χ1n) is 10.0. The molecular formula is C23H21N3O5. The molecule has 8 heteroatoms. The van der Waals surface area contributed by atoms with E-state index in [9.17, 15) is 4.79 Å². The van der Waals surface area contributed by atoms with E-state index in [4.69, 9.17) is 18.9 Å². The summed E-state index contributed by atoms with van der Waals surface area (Å²) in [5, 5.41) is 11.2. The molecule has 1 atom stereocenters. The molecule has 2 aliphatic heterocycles. The van der Waals surface area contributed by atoms with Crippen molar-refractivity contribution in [1.82, 2.24) is 15.5 Å². The molecule has 0 bridgehead atoms. The number of aromatic nitrogens is 2. The highest BCUT2D eigenvalue weighted by atomic mass is 16.7. The molecule has 0 saturated carbocycles. The summed E-state index contributed by atoms with van der Waals surface area (Å²) >= 11 is 0. The number of amides is 1. The van der Waals surface area contributed by atoms with Crippen LogP contribution in [-0.4, -0.2) is 42.7 Å². The third-order valence-corrected chi connectivity index (χ3v) is 5.28. The van der Waals surface area contributed by atoms with E-state index in [0.717, 1.165) is 28.9 Å². The van der Waals surface area contributed by atoms with Crippen molar-refractivity contribution in [3.63, 3.8) is 0 Å². The van der Waals surface area contributed by atoms with E-state index in [-0.39, 0.29) is 25.2 Å². The Morgan fingerprint density at radius 3 is 2.87 bits per heavy atom. The van der Waals surface area contributed by atoms with Gasteiger partial charge in [0.05, 0.1) is 25.8 Å². The molecule has 3 aromatic rings. The van der Waals surface area contributed by atoms with Crippen LogP contribution in [0.3, 0.4) is 0 Å². The molecule has 31 heavy (non-hydrogen) atoms. The zero-order chi connectivity index (χ0) is 21.2. The first-order chi connectivity index (χ1) is 15.2. The normalized spacial score (nSPS) is 15.8. The van der Waals surface area contributed by atoms with Gasteiger partial charge in [-0.2, -0.15) is 0 Å². The quantitative estimate of drug-likeness (QED) is 0.656. The number of fused-ring (bicyclic) bond motifs is 2. The van der Waals surface area contributed by atoms with Gasteiger partial charge in [-0.3, -0.25) is 4.79 Å². The highest BCUT2D eigenvalue weighted by Crippen LogP contribution is 2.38. The fourth-order valence-electron chi connectivity index (χ4n) is 3.75. The van der Waals surface area contributed by atoms with Gasteiger partial charge in [0.2, 0.25) is 18.6 Å². The number of methoxy groups -OCH3 is 1. The number of ether oxygens (including phenoxy) is 4. The highest BCUT2D eigenvalue weighted by molar-refractivity contribution is 5.79. The number of para-hydroxylation sites is 1. The van der Waals surface area contributed by atoms with Crippen LogP contribution in [0.15, 0.2) is 48.5 Å². The Bertz CT molecular complexity index is 1120.